The molecule has 0 bridgehead atoms. The van der Waals surface area contributed by atoms with Gasteiger partial charge in [0.05, 0.1) is 18.8 Å². The number of hydrogen-bond acceptors (Lipinski definition) is 5. The summed E-state index contributed by atoms with van der Waals surface area (Å²) < 4.78 is 16.1. The number of ether oxygens (including phenoxy) is 3. The fraction of sp³-hybridized carbons (Fsp3) is 0.417. The number of nitrogens with zero attached hydrogens (tertiary/aromatic N) is 3. The van der Waals surface area contributed by atoms with Gasteiger partial charge < -0.3 is 14.2 Å². The molecular weight excluding hydrogens is 377 g/mol. The van der Waals surface area contributed by atoms with Crippen LogP contribution in [0.2, 0.25) is 0 Å². The molecule has 0 fully saturated rings. The van der Waals surface area contributed by atoms with Gasteiger partial charge in [-0.1, -0.05) is 5.11 Å². The van der Waals surface area contributed by atoms with Crippen molar-refractivity contribution in [2.24, 2.45) is 5.11 Å². The number of carbonyl (C=O) groups excluding carboxylic acids is 1. The third-order valence-corrected chi connectivity index (χ3v) is 2.71. The lowest BCUT2D eigenvalue weighted by Crippen LogP contribution is -2.24. The van der Waals surface area contributed by atoms with Gasteiger partial charge >= 0.3 is 12.4 Å². The molecule has 8 heteroatoms. The van der Waals surface area contributed by atoms with Crippen LogP contribution in [0.4, 0.5) is 5.69 Å². The molecule has 0 N–H and O–H groups in total. The van der Waals surface area contributed by atoms with Crippen LogP contribution < -0.4 is 0 Å². The van der Waals surface area contributed by atoms with Gasteiger partial charge in [0.15, 0.2) is 0 Å². The number of carbonyl (C=O) groups is 1. The molecule has 1 aromatic rings. The van der Waals surface area contributed by atoms with Crippen molar-refractivity contribution in [3.05, 3.63) is 37.8 Å². The summed E-state index contributed by atoms with van der Waals surface area (Å²) in [6.45, 7) is 3.21. The Morgan fingerprint density at radius 3 is 2.55 bits per heavy atom. The molecule has 7 nitrogen and oxygen atoms in total. The van der Waals surface area contributed by atoms with Crippen LogP contribution in [-0.4, -0.2) is 25.7 Å². The first kappa shape index (κ1) is 16.7. The third-order valence-electron chi connectivity index (χ3n) is 2.09. The molecule has 0 saturated heterocycles. The van der Waals surface area contributed by atoms with Gasteiger partial charge in [-0.05, 0) is 60.2 Å². The Morgan fingerprint density at radius 1 is 1.35 bits per heavy atom. The number of esters is 1. The predicted octanol–water partition coefficient (Wildman–Crippen LogP) is 3.75. The Kier molecular flexibility index (Phi) is 7.31. The molecule has 0 aliphatic rings. The van der Waals surface area contributed by atoms with E-state index in [4.69, 9.17) is 19.7 Å². The van der Waals surface area contributed by atoms with Gasteiger partial charge in [-0.3, -0.25) is 0 Å². The topological polar surface area (TPSA) is 93.5 Å². The number of benzene rings is 1. The minimum Gasteiger partial charge on any atom is -0.407 e. The fourth-order valence-corrected chi connectivity index (χ4v) is 2.00. The Balaban J connectivity index is 2.87. The molecule has 1 aromatic carbocycles. The Hall–Kier alpha value is -1.35. The molecule has 0 heterocycles. The average molecular weight is 391 g/mol. The molecule has 0 amide bonds. The van der Waals surface area contributed by atoms with Crippen LogP contribution in [-0.2, 0) is 14.2 Å². The van der Waals surface area contributed by atoms with Crippen LogP contribution in [0.15, 0.2) is 23.3 Å². The molecule has 0 spiro atoms. The summed E-state index contributed by atoms with van der Waals surface area (Å²) in [5.74, 6) is -0.607. The first-order chi connectivity index (χ1) is 9.60. The van der Waals surface area contributed by atoms with Crippen molar-refractivity contribution in [2.45, 2.75) is 20.3 Å². The average Bonchev–Trinajstić information content (AvgIpc) is 2.39. The van der Waals surface area contributed by atoms with Crippen LogP contribution >= 0.6 is 22.6 Å². The van der Waals surface area contributed by atoms with Gasteiger partial charge in [0, 0.05) is 14.2 Å². The molecule has 0 saturated carbocycles. The van der Waals surface area contributed by atoms with Gasteiger partial charge in [0.1, 0.15) is 0 Å². The minimum atomic E-state index is -1.04. The highest BCUT2D eigenvalue weighted by molar-refractivity contribution is 14.1. The fourth-order valence-electron chi connectivity index (χ4n) is 1.35. The van der Waals surface area contributed by atoms with E-state index in [0.29, 0.717) is 18.9 Å². The molecule has 0 unspecified atom stereocenters. The van der Waals surface area contributed by atoms with E-state index in [9.17, 15) is 4.79 Å². The van der Waals surface area contributed by atoms with Crippen molar-refractivity contribution in [1.82, 2.24) is 0 Å². The second-order valence-corrected chi connectivity index (χ2v) is 4.74. The normalized spacial score (nSPS) is 10.2. The molecule has 0 aliphatic carbocycles. The van der Waals surface area contributed by atoms with E-state index >= 15 is 0 Å². The lowest BCUT2D eigenvalue weighted by Gasteiger charge is -2.17. The van der Waals surface area contributed by atoms with Crippen molar-refractivity contribution in [3.8, 4) is 0 Å². The molecule has 0 aliphatic heterocycles. The van der Waals surface area contributed by atoms with Gasteiger partial charge in [-0.15, -0.1) is 0 Å². The van der Waals surface area contributed by atoms with E-state index in [1.54, 1.807) is 26.0 Å². The zero-order valence-electron chi connectivity index (χ0n) is 11.1. The summed E-state index contributed by atoms with van der Waals surface area (Å²) in [6.07, 6.45) is 0. The Bertz CT molecular complexity index is 511. The molecule has 0 radical (unpaired) electrons. The van der Waals surface area contributed by atoms with Crippen LogP contribution in [0.5, 0.6) is 0 Å². The Labute approximate surface area is 130 Å². The Morgan fingerprint density at radius 2 is 2.00 bits per heavy atom. The molecule has 0 atom stereocenters. The molecule has 108 valence electrons. The van der Waals surface area contributed by atoms with Gasteiger partial charge in [-0.25, -0.2) is 4.79 Å². The zero-order valence-corrected chi connectivity index (χ0v) is 13.2. The summed E-state index contributed by atoms with van der Waals surface area (Å²) in [7, 11) is 0. The highest BCUT2D eigenvalue weighted by Gasteiger charge is 2.17. The molecular formula is C12H14IN3O4. The maximum atomic E-state index is 12.0. The molecule has 1 rings (SSSR count). The summed E-state index contributed by atoms with van der Waals surface area (Å²) in [5, 5.41) is 3.47. The number of hydrogen-bond donors (Lipinski definition) is 0. The lowest BCUT2D eigenvalue weighted by atomic mass is 10.2. The van der Waals surface area contributed by atoms with Crippen LogP contribution in [0.25, 0.3) is 10.4 Å². The van der Waals surface area contributed by atoms with E-state index in [2.05, 4.69) is 10.0 Å². The maximum absolute atomic E-state index is 12.0. The zero-order chi connectivity index (χ0) is 15.0. The second-order valence-electron chi connectivity index (χ2n) is 3.49. The standard InChI is InChI=1S/C12H14IN3O4/c1-3-18-12(19-4-2)20-11(17)8-5-9(13)7-10(6-8)15-16-14/h5-7,12H,3-4H2,1-2H3. The van der Waals surface area contributed by atoms with Crippen molar-refractivity contribution in [2.75, 3.05) is 13.2 Å². The summed E-state index contributed by atoms with van der Waals surface area (Å²) >= 11 is 2.02. The smallest absolute Gasteiger partial charge is 0.342 e. The van der Waals surface area contributed by atoms with E-state index in [1.807, 2.05) is 22.6 Å². The van der Waals surface area contributed by atoms with Gasteiger partial charge in [-0.2, -0.15) is 0 Å². The predicted molar refractivity (Wildman–Crippen MR) is 80.4 cm³/mol. The number of rotatable bonds is 7. The highest BCUT2D eigenvalue weighted by Crippen LogP contribution is 2.20. The van der Waals surface area contributed by atoms with Crippen LogP contribution in [0.3, 0.4) is 0 Å². The second kappa shape index (κ2) is 8.75. The summed E-state index contributed by atoms with van der Waals surface area (Å²) in [6, 6.07) is 4.72. The number of azide groups is 1. The highest BCUT2D eigenvalue weighted by atomic mass is 127. The van der Waals surface area contributed by atoms with Crippen molar-refractivity contribution >= 4 is 34.2 Å². The lowest BCUT2D eigenvalue weighted by molar-refractivity contribution is -0.257. The van der Waals surface area contributed by atoms with Crippen LogP contribution in [0, 0.1) is 3.57 Å². The third kappa shape index (κ3) is 5.33. The molecule has 0 aromatic heterocycles. The van der Waals surface area contributed by atoms with Crippen molar-refractivity contribution < 1.29 is 19.0 Å². The first-order valence-electron chi connectivity index (χ1n) is 5.90. The van der Waals surface area contributed by atoms with E-state index in [1.165, 1.54) is 6.07 Å². The first-order valence-corrected chi connectivity index (χ1v) is 6.98. The van der Waals surface area contributed by atoms with E-state index in [-0.39, 0.29) is 5.56 Å². The number of halogens is 1. The largest absolute Gasteiger partial charge is 0.407 e. The van der Waals surface area contributed by atoms with Crippen LogP contribution in [0.1, 0.15) is 24.2 Å². The summed E-state index contributed by atoms with van der Waals surface area (Å²) in [4.78, 5) is 14.7. The quantitative estimate of drug-likeness (QED) is 0.177. The maximum Gasteiger partial charge on any atom is 0.342 e. The molecule has 20 heavy (non-hydrogen) atoms. The summed E-state index contributed by atoms with van der Waals surface area (Å²) in [5.41, 5.74) is 9.04. The van der Waals surface area contributed by atoms with Gasteiger partial charge in [0.25, 0.3) is 0 Å². The van der Waals surface area contributed by atoms with Crippen molar-refractivity contribution in [3.63, 3.8) is 0 Å². The van der Waals surface area contributed by atoms with E-state index in [0.717, 1.165) is 3.57 Å². The monoisotopic (exact) mass is 391 g/mol. The van der Waals surface area contributed by atoms with Crippen molar-refractivity contribution in [1.29, 1.82) is 0 Å². The minimum absolute atomic E-state index is 0.267. The van der Waals surface area contributed by atoms with E-state index < -0.39 is 12.4 Å². The SMILES string of the molecule is CCOC(OCC)OC(=O)c1cc(I)cc(N=[N+]=[N-])c1. The van der Waals surface area contributed by atoms with Gasteiger partial charge in [0.2, 0.25) is 0 Å².